The molecule has 0 spiro atoms. The predicted molar refractivity (Wildman–Crippen MR) is 89.2 cm³/mol. The Balaban J connectivity index is 2.23. The Hall–Kier alpha value is -1.60. The van der Waals surface area contributed by atoms with E-state index in [1.807, 2.05) is 40.2 Å². The second-order valence-corrected chi connectivity index (χ2v) is 6.63. The van der Waals surface area contributed by atoms with Crippen LogP contribution in [0.3, 0.4) is 0 Å². The molecule has 0 aromatic carbocycles. The van der Waals surface area contributed by atoms with Gasteiger partial charge in [0.2, 0.25) is 0 Å². The average molecular weight is 326 g/mol. The largest absolute Gasteiger partial charge is 0.444 e. The Bertz CT molecular complexity index is 468. The fraction of sp³-hybridized carbons (Fsp3) is 0.750. The van der Waals surface area contributed by atoms with Gasteiger partial charge < -0.3 is 20.1 Å². The van der Waals surface area contributed by atoms with E-state index in [-0.39, 0.29) is 12.1 Å². The molecule has 0 fully saturated rings. The highest BCUT2D eigenvalue weighted by Crippen LogP contribution is 2.06. The second-order valence-electron chi connectivity index (χ2n) is 6.63. The lowest BCUT2D eigenvalue weighted by atomic mass is 10.1. The molecule has 7 nitrogen and oxygen atoms in total. The van der Waals surface area contributed by atoms with Crippen LogP contribution in [0.25, 0.3) is 0 Å². The molecule has 7 heteroatoms. The molecule has 0 radical (unpaired) electrons. The van der Waals surface area contributed by atoms with Gasteiger partial charge >= 0.3 is 6.09 Å². The minimum Gasteiger partial charge on any atom is -0.444 e. The Morgan fingerprint density at radius 1 is 1.43 bits per heavy atom. The summed E-state index contributed by atoms with van der Waals surface area (Å²) in [6.45, 7) is 7.52. The van der Waals surface area contributed by atoms with Crippen molar-refractivity contribution < 1.29 is 14.3 Å². The van der Waals surface area contributed by atoms with E-state index < -0.39 is 5.60 Å². The molecule has 0 saturated heterocycles. The summed E-state index contributed by atoms with van der Waals surface area (Å²) < 4.78 is 12.2. The number of amides is 1. The van der Waals surface area contributed by atoms with Crippen LogP contribution in [0.2, 0.25) is 0 Å². The Labute approximate surface area is 138 Å². The first-order chi connectivity index (χ1) is 10.8. The smallest absolute Gasteiger partial charge is 0.407 e. The van der Waals surface area contributed by atoms with Crippen molar-refractivity contribution >= 4 is 6.09 Å². The Morgan fingerprint density at radius 2 is 2.17 bits per heavy atom. The van der Waals surface area contributed by atoms with Crippen LogP contribution in [-0.4, -0.2) is 47.8 Å². The second kappa shape index (κ2) is 9.52. The summed E-state index contributed by atoms with van der Waals surface area (Å²) in [6, 6.07) is 0.237. The maximum Gasteiger partial charge on any atom is 0.407 e. The highest BCUT2D eigenvalue weighted by atomic mass is 16.6. The van der Waals surface area contributed by atoms with E-state index in [4.69, 9.17) is 9.47 Å². The lowest BCUT2D eigenvalue weighted by molar-refractivity contribution is 0.0526. The number of alkyl carbamates (subject to hydrolysis) is 1. The van der Waals surface area contributed by atoms with E-state index in [1.54, 1.807) is 11.8 Å². The molecule has 0 saturated carbocycles. The molecule has 1 heterocycles. The molecule has 0 aliphatic rings. The molecule has 1 rings (SSSR count). The van der Waals surface area contributed by atoms with Crippen LogP contribution in [0.15, 0.2) is 12.4 Å². The highest BCUT2D eigenvalue weighted by molar-refractivity contribution is 5.67. The summed E-state index contributed by atoms with van der Waals surface area (Å²) in [5.41, 5.74) is 0.675. The van der Waals surface area contributed by atoms with Crippen molar-refractivity contribution in [2.24, 2.45) is 7.05 Å². The van der Waals surface area contributed by atoms with Crippen LogP contribution in [-0.2, 0) is 23.1 Å². The summed E-state index contributed by atoms with van der Waals surface area (Å²) in [7, 11) is 3.59. The van der Waals surface area contributed by atoms with Gasteiger partial charge in [-0.1, -0.05) is 0 Å². The molecular weight excluding hydrogens is 296 g/mol. The summed E-state index contributed by atoms with van der Waals surface area (Å²) in [5, 5.41) is 10.4. The quantitative estimate of drug-likeness (QED) is 0.677. The van der Waals surface area contributed by atoms with Crippen LogP contribution in [0.5, 0.6) is 0 Å². The van der Waals surface area contributed by atoms with Crippen molar-refractivity contribution in [3.05, 3.63) is 18.0 Å². The fourth-order valence-corrected chi connectivity index (χ4v) is 2.12. The first-order valence-electron chi connectivity index (χ1n) is 7.97. The van der Waals surface area contributed by atoms with Crippen molar-refractivity contribution in [1.29, 1.82) is 0 Å². The van der Waals surface area contributed by atoms with E-state index >= 15 is 0 Å². The third-order valence-corrected chi connectivity index (χ3v) is 3.12. The van der Waals surface area contributed by atoms with Gasteiger partial charge in [0.05, 0.1) is 12.8 Å². The Morgan fingerprint density at radius 3 is 2.74 bits per heavy atom. The molecule has 1 amide bonds. The van der Waals surface area contributed by atoms with Crippen LogP contribution >= 0.6 is 0 Å². The van der Waals surface area contributed by atoms with E-state index in [0.29, 0.717) is 13.2 Å². The van der Waals surface area contributed by atoms with Crippen molar-refractivity contribution in [1.82, 2.24) is 20.4 Å². The average Bonchev–Trinajstić information content (AvgIpc) is 2.84. The van der Waals surface area contributed by atoms with Crippen molar-refractivity contribution in [3.8, 4) is 0 Å². The number of hydrogen-bond donors (Lipinski definition) is 2. The normalized spacial score (nSPS) is 12.9. The number of rotatable bonds is 9. The molecule has 1 aromatic heterocycles. The number of nitrogens with zero attached hydrogens (tertiary/aromatic N) is 2. The van der Waals surface area contributed by atoms with Crippen LogP contribution in [0.1, 0.15) is 39.2 Å². The summed E-state index contributed by atoms with van der Waals surface area (Å²) in [4.78, 5) is 11.6. The molecule has 0 aliphatic carbocycles. The zero-order valence-electron chi connectivity index (χ0n) is 14.9. The summed E-state index contributed by atoms with van der Waals surface area (Å²) in [5.74, 6) is 0. The first kappa shape index (κ1) is 19.4. The SMILES string of the molecule is COCC(CCCNC(=O)OC(C)(C)C)NCc1cnn(C)c1. The third kappa shape index (κ3) is 9.20. The minimum atomic E-state index is -0.464. The highest BCUT2D eigenvalue weighted by Gasteiger charge is 2.15. The van der Waals surface area contributed by atoms with E-state index in [0.717, 1.165) is 24.9 Å². The molecule has 1 unspecified atom stereocenters. The summed E-state index contributed by atoms with van der Waals surface area (Å²) >= 11 is 0. The molecule has 2 N–H and O–H groups in total. The number of aromatic nitrogens is 2. The molecular formula is C16H30N4O3. The fourth-order valence-electron chi connectivity index (χ4n) is 2.12. The van der Waals surface area contributed by atoms with Gasteiger partial charge in [-0.25, -0.2) is 4.79 Å². The summed E-state index contributed by atoms with van der Waals surface area (Å²) in [6.07, 6.45) is 5.23. The third-order valence-electron chi connectivity index (χ3n) is 3.12. The zero-order valence-corrected chi connectivity index (χ0v) is 14.9. The standard InChI is InChI=1S/C16H30N4O3/c1-16(2,3)23-15(21)17-8-6-7-14(12-22-5)18-9-13-10-19-20(4)11-13/h10-11,14,18H,6-9,12H2,1-5H3,(H,17,21). The van der Waals surface area contributed by atoms with E-state index in [1.165, 1.54) is 0 Å². The lowest BCUT2D eigenvalue weighted by Gasteiger charge is -2.20. The van der Waals surface area contributed by atoms with Crippen LogP contribution < -0.4 is 10.6 Å². The van der Waals surface area contributed by atoms with Crippen molar-refractivity contribution in [3.63, 3.8) is 0 Å². The van der Waals surface area contributed by atoms with E-state index in [9.17, 15) is 4.79 Å². The molecule has 1 atom stereocenters. The van der Waals surface area contributed by atoms with Crippen molar-refractivity contribution in [2.75, 3.05) is 20.3 Å². The van der Waals surface area contributed by atoms with E-state index in [2.05, 4.69) is 15.7 Å². The maximum atomic E-state index is 11.6. The van der Waals surface area contributed by atoms with Gasteiger partial charge in [0.1, 0.15) is 5.60 Å². The number of ether oxygens (including phenoxy) is 2. The van der Waals surface area contributed by atoms with Gasteiger partial charge in [-0.3, -0.25) is 4.68 Å². The van der Waals surface area contributed by atoms with Gasteiger partial charge in [0, 0.05) is 45.0 Å². The molecule has 132 valence electrons. The van der Waals surface area contributed by atoms with Gasteiger partial charge in [0.15, 0.2) is 0 Å². The lowest BCUT2D eigenvalue weighted by Crippen LogP contribution is -2.35. The van der Waals surface area contributed by atoms with Gasteiger partial charge in [0.25, 0.3) is 0 Å². The van der Waals surface area contributed by atoms with Crippen molar-refractivity contribution in [2.45, 2.75) is 51.8 Å². The number of carbonyl (C=O) groups excluding carboxylic acids is 1. The maximum absolute atomic E-state index is 11.6. The van der Waals surface area contributed by atoms with Gasteiger partial charge in [-0.15, -0.1) is 0 Å². The Kier molecular flexibility index (Phi) is 8.05. The number of nitrogens with one attached hydrogen (secondary N) is 2. The zero-order chi connectivity index (χ0) is 17.3. The molecule has 0 bridgehead atoms. The van der Waals surface area contributed by atoms with Crippen LogP contribution in [0, 0.1) is 0 Å². The molecule has 0 aliphatic heterocycles. The number of methoxy groups -OCH3 is 1. The van der Waals surface area contributed by atoms with Gasteiger partial charge in [-0.2, -0.15) is 5.10 Å². The monoisotopic (exact) mass is 326 g/mol. The first-order valence-corrected chi connectivity index (χ1v) is 7.97. The van der Waals surface area contributed by atoms with Gasteiger partial charge in [-0.05, 0) is 33.6 Å². The number of carbonyl (C=O) groups is 1. The predicted octanol–water partition coefficient (Wildman–Crippen LogP) is 1.83. The number of hydrogen-bond acceptors (Lipinski definition) is 5. The topological polar surface area (TPSA) is 77.4 Å². The minimum absolute atomic E-state index is 0.237. The van der Waals surface area contributed by atoms with Crippen LogP contribution in [0.4, 0.5) is 4.79 Å². The number of aryl methyl sites for hydroxylation is 1. The molecule has 23 heavy (non-hydrogen) atoms. The molecule has 1 aromatic rings.